The van der Waals surface area contributed by atoms with Gasteiger partial charge in [-0.05, 0) is 31.0 Å². The summed E-state index contributed by atoms with van der Waals surface area (Å²) in [5, 5.41) is 6.27. The topological polar surface area (TPSA) is 58.2 Å². The predicted molar refractivity (Wildman–Crippen MR) is 80.5 cm³/mol. The van der Waals surface area contributed by atoms with E-state index < -0.39 is 0 Å². The highest BCUT2D eigenvalue weighted by molar-refractivity contribution is 6.30. The predicted octanol–water partition coefficient (Wildman–Crippen LogP) is 2.82. The van der Waals surface area contributed by atoms with Gasteiger partial charge in [-0.2, -0.15) is 0 Å². The third kappa shape index (κ3) is 5.61. The molecule has 0 saturated heterocycles. The fourth-order valence-electron chi connectivity index (χ4n) is 1.84. The molecule has 0 spiro atoms. The molecule has 0 aromatic heterocycles. The van der Waals surface area contributed by atoms with Crippen molar-refractivity contribution in [2.45, 2.75) is 45.7 Å². The third-order valence-electron chi connectivity index (χ3n) is 3.04. The average molecular weight is 297 g/mol. The van der Waals surface area contributed by atoms with Gasteiger partial charge in [0, 0.05) is 18.0 Å². The van der Waals surface area contributed by atoms with Gasteiger partial charge in [0.25, 0.3) is 0 Å². The van der Waals surface area contributed by atoms with Crippen molar-refractivity contribution in [3.63, 3.8) is 0 Å². The number of amides is 2. The highest BCUT2D eigenvalue weighted by Crippen LogP contribution is 2.20. The summed E-state index contributed by atoms with van der Waals surface area (Å²) < 4.78 is 0. The van der Waals surface area contributed by atoms with E-state index in [0.29, 0.717) is 5.02 Å². The maximum absolute atomic E-state index is 12.0. The first-order chi connectivity index (χ1) is 9.42. The smallest absolute Gasteiger partial charge is 0.222 e. The van der Waals surface area contributed by atoms with Crippen LogP contribution in [0, 0.1) is 0 Å². The van der Waals surface area contributed by atoms with Crippen LogP contribution < -0.4 is 10.6 Å². The first-order valence-electron chi connectivity index (χ1n) is 6.74. The van der Waals surface area contributed by atoms with Gasteiger partial charge in [0.2, 0.25) is 11.8 Å². The van der Waals surface area contributed by atoms with E-state index in [0.717, 1.165) is 12.0 Å². The maximum atomic E-state index is 12.0. The fraction of sp³-hybridized carbons (Fsp3) is 0.467. The Morgan fingerprint density at radius 2 is 2.00 bits per heavy atom. The molecule has 0 aliphatic heterocycles. The van der Waals surface area contributed by atoms with Crippen molar-refractivity contribution in [1.82, 2.24) is 10.6 Å². The number of nitrogens with one attached hydrogen (secondary N) is 2. The molecule has 1 aromatic rings. The zero-order valence-corrected chi connectivity index (χ0v) is 12.8. The molecule has 2 amide bonds. The summed E-state index contributed by atoms with van der Waals surface area (Å²) in [6.07, 6.45) is 1.07. The molecule has 1 rings (SSSR count). The molecule has 0 heterocycles. The number of hydrogen-bond donors (Lipinski definition) is 2. The van der Waals surface area contributed by atoms with E-state index in [9.17, 15) is 9.59 Å². The number of benzene rings is 1. The molecular formula is C15H21ClN2O2. The maximum Gasteiger partial charge on any atom is 0.222 e. The van der Waals surface area contributed by atoms with Crippen LogP contribution in [-0.2, 0) is 9.59 Å². The normalized spacial score (nSPS) is 13.4. The van der Waals surface area contributed by atoms with Crippen LogP contribution in [0.4, 0.5) is 0 Å². The Morgan fingerprint density at radius 3 is 2.55 bits per heavy atom. The molecule has 0 bridgehead atoms. The van der Waals surface area contributed by atoms with Gasteiger partial charge >= 0.3 is 0 Å². The van der Waals surface area contributed by atoms with Crippen LogP contribution in [0.15, 0.2) is 24.3 Å². The minimum absolute atomic E-state index is 0.0851. The second kappa shape index (κ2) is 7.90. The molecule has 20 heavy (non-hydrogen) atoms. The molecule has 0 radical (unpaired) electrons. The van der Waals surface area contributed by atoms with Gasteiger partial charge in [0.05, 0.1) is 12.5 Å². The fourth-order valence-corrected chi connectivity index (χ4v) is 2.04. The number of carbonyl (C=O) groups excluding carboxylic acids is 2. The Labute approximate surface area is 124 Å². The quantitative estimate of drug-likeness (QED) is 0.848. The van der Waals surface area contributed by atoms with E-state index in [1.807, 2.05) is 19.9 Å². The highest BCUT2D eigenvalue weighted by Gasteiger charge is 2.18. The Hall–Kier alpha value is -1.55. The van der Waals surface area contributed by atoms with Gasteiger partial charge in [-0.1, -0.05) is 30.7 Å². The van der Waals surface area contributed by atoms with Crippen molar-refractivity contribution < 1.29 is 9.59 Å². The summed E-state index contributed by atoms with van der Waals surface area (Å²) in [6.45, 7) is 5.39. The van der Waals surface area contributed by atoms with Crippen LogP contribution in [0.1, 0.15) is 45.2 Å². The van der Waals surface area contributed by atoms with Gasteiger partial charge in [-0.3, -0.25) is 9.59 Å². The average Bonchev–Trinajstić information content (AvgIpc) is 2.37. The van der Waals surface area contributed by atoms with E-state index in [1.165, 1.54) is 6.92 Å². The van der Waals surface area contributed by atoms with Crippen LogP contribution in [0.25, 0.3) is 0 Å². The Balaban J connectivity index is 2.79. The van der Waals surface area contributed by atoms with Crippen LogP contribution in [-0.4, -0.2) is 17.9 Å². The molecule has 5 heteroatoms. The molecule has 2 atom stereocenters. The highest BCUT2D eigenvalue weighted by atomic mass is 35.5. The lowest BCUT2D eigenvalue weighted by atomic mass is 10.0. The first kappa shape index (κ1) is 16.5. The van der Waals surface area contributed by atoms with E-state index >= 15 is 0 Å². The summed E-state index contributed by atoms with van der Waals surface area (Å²) >= 11 is 5.96. The number of hydrogen-bond acceptors (Lipinski definition) is 2. The summed E-state index contributed by atoms with van der Waals surface area (Å²) in [6, 6.07) is 6.94. The molecule has 1 aromatic carbocycles. The lowest BCUT2D eigenvalue weighted by molar-refractivity contribution is -0.123. The van der Waals surface area contributed by atoms with Crippen LogP contribution in [0.2, 0.25) is 5.02 Å². The van der Waals surface area contributed by atoms with E-state index in [-0.39, 0.29) is 30.3 Å². The second-order valence-corrected chi connectivity index (χ2v) is 5.33. The van der Waals surface area contributed by atoms with Gasteiger partial charge in [0.1, 0.15) is 0 Å². The van der Waals surface area contributed by atoms with Crippen LogP contribution in [0.5, 0.6) is 0 Å². The van der Waals surface area contributed by atoms with Gasteiger partial charge < -0.3 is 10.6 Å². The minimum atomic E-state index is -0.366. The summed E-state index contributed by atoms with van der Waals surface area (Å²) in [7, 11) is 0. The Bertz CT molecular complexity index is 477. The van der Waals surface area contributed by atoms with Crippen molar-refractivity contribution in [1.29, 1.82) is 0 Å². The minimum Gasteiger partial charge on any atom is -0.354 e. The molecule has 2 N–H and O–H groups in total. The van der Waals surface area contributed by atoms with Crippen molar-refractivity contribution in [2.75, 3.05) is 0 Å². The van der Waals surface area contributed by atoms with Gasteiger partial charge in [-0.25, -0.2) is 0 Å². The lowest BCUT2D eigenvalue weighted by Crippen LogP contribution is -2.36. The molecule has 0 aliphatic carbocycles. The van der Waals surface area contributed by atoms with Crippen molar-refractivity contribution in [3.05, 3.63) is 34.9 Å². The van der Waals surface area contributed by atoms with Crippen molar-refractivity contribution in [3.8, 4) is 0 Å². The summed E-state index contributed by atoms with van der Waals surface area (Å²) in [5.74, 6) is -0.260. The number of halogens is 1. The molecule has 0 fully saturated rings. The van der Waals surface area contributed by atoms with Gasteiger partial charge in [-0.15, -0.1) is 0 Å². The Morgan fingerprint density at radius 1 is 1.30 bits per heavy atom. The summed E-state index contributed by atoms with van der Waals surface area (Å²) in [5.41, 5.74) is 0.826. The van der Waals surface area contributed by atoms with Crippen molar-refractivity contribution in [2.24, 2.45) is 0 Å². The van der Waals surface area contributed by atoms with E-state index in [2.05, 4.69) is 10.6 Å². The monoisotopic (exact) mass is 296 g/mol. The first-order valence-corrected chi connectivity index (χ1v) is 7.12. The molecule has 4 nitrogen and oxygen atoms in total. The molecule has 110 valence electrons. The zero-order chi connectivity index (χ0) is 15.1. The zero-order valence-electron chi connectivity index (χ0n) is 12.1. The van der Waals surface area contributed by atoms with Crippen LogP contribution >= 0.6 is 11.6 Å². The molecular weight excluding hydrogens is 276 g/mol. The standard InChI is InChI=1S/C15H21ClN2O2/c1-4-10(2)17-15(20)9-14(18-11(3)19)12-6-5-7-13(16)8-12/h5-8,10,14H,4,9H2,1-3H3,(H,17,20)(H,18,19). The molecule has 0 aliphatic rings. The van der Waals surface area contributed by atoms with Crippen molar-refractivity contribution >= 4 is 23.4 Å². The van der Waals surface area contributed by atoms with E-state index in [4.69, 9.17) is 11.6 Å². The summed E-state index contributed by atoms with van der Waals surface area (Å²) in [4.78, 5) is 23.3. The SMILES string of the molecule is CCC(C)NC(=O)CC(NC(C)=O)c1cccc(Cl)c1. The van der Waals surface area contributed by atoms with Crippen LogP contribution in [0.3, 0.4) is 0 Å². The van der Waals surface area contributed by atoms with Gasteiger partial charge in [0.15, 0.2) is 0 Å². The molecule has 2 unspecified atom stereocenters. The second-order valence-electron chi connectivity index (χ2n) is 4.89. The molecule has 0 saturated carbocycles. The third-order valence-corrected chi connectivity index (χ3v) is 3.27. The number of carbonyl (C=O) groups is 2. The Kier molecular flexibility index (Phi) is 6.52. The largest absolute Gasteiger partial charge is 0.354 e. The van der Waals surface area contributed by atoms with E-state index in [1.54, 1.807) is 18.2 Å². The lowest BCUT2D eigenvalue weighted by Gasteiger charge is -2.19. The number of rotatable bonds is 6.